The van der Waals surface area contributed by atoms with E-state index in [1.165, 1.54) is 6.07 Å². The van der Waals surface area contributed by atoms with Crippen molar-refractivity contribution in [2.45, 2.75) is 4.90 Å². The van der Waals surface area contributed by atoms with Crippen LogP contribution in [0.2, 0.25) is 0 Å². The Morgan fingerprint density at radius 3 is 2.56 bits per heavy atom. The Bertz CT molecular complexity index is 472. The molecule has 76 valence electrons. The predicted molar refractivity (Wildman–Crippen MR) is 48.9 cm³/mol. The number of thioether (sulfide) groups is 1. The molecule has 0 amide bonds. The molecule has 0 saturated carbocycles. The molecule has 0 heterocycles. The molecular formula is C8H3KN2O4S. The summed E-state index contributed by atoms with van der Waals surface area (Å²) in [6, 6.07) is 3.38. The van der Waals surface area contributed by atoms with Crippen LogP contribution < -0.4 is 56.5 Å². The molecule has 0 aliphatic carbocycles. The monoisotopic (exact) mass is 263 g/mol. The van der Waals surface area contributed by atoms with E-state index in [0.29, 0.717) is 4.90 Å². The van der Waals surface area contributed by atoms with Crippen molar-refractivity contribution in [1.29, 1.82) is 5.26 Å². The van der Waals surface area contributed by atoms with E-state index in [4.69, 9.17) is 5.26 Å². The molecule has 0 N–H and O–H groups in total. The zero-order chi connectivity index (χ0) is 11.4. The number of thiocyanates is 1. The Labute approximate surface area is 137 Å². The number of aromatic carboxylic acids is 1. The van der Waals surface area contributed by atoms with Gasteiger partial charge in [-0.2, -0.15) is 5.26 Å². The zero-order valence-electron chi connectivity index (χ0n) is 8.17. The van der Waals surface area contributed by atoms with Crippen LogP contribution in [0.4, 0.5) is 5.69 Å². The fourth-order valence-corrected chi connectivity index (χ4v) is 1.37. The van der Waals surface area contributed by atoms with Crippen molar-refractivity contribution >= 4 is 23.4 Å². The maximum absolute atomic E-state index is 10.6. The molecule has 16 heavy (non-hydrogen) atoms. The first-order chi connectivity index (χ1) is 7.06. The molecule has 0 saturated heterocycles. The topological polar surface area (TPSA) is 107 Å². The summed E-state index contributed by atoms with van der Waals surface area (Å²) >= 11 is 0.719. The van der Waals surface area contributed by atoms with Crippen LogP contribution in [-0.2, 0) is 0 Å². The predicted octanol–water partition coefficient (Wildman–Crippen LogP) is -2.46. The minimum atomic E-state index is -1.64. The smallest absolute Gasteiger partial charge is 0.545 e. The van der Waals surface area contributed by atoms with Gasteiger partial charge in [0.2, 0.25) is 0 Å². The van der Waals surface area contributed by atoms with Crippen molar-refractivity contribution in [2.75, 3.05) is 0 Å². The van der Waals surface area contributed by atoms with Gasteiger partial charge in [-0.1, -0.05) is 0 Å². The molecule has 6 nitrogen and oxygen atoms in total. The number of nitrogens with zero attached hydrogens (tertiary/aromatic N) is 2. The van der Waals surface area contributed by atoms with Crippen molar-refractivity contribution in [3.05, 3.63) is 33.9 Å². The minimum absolute atomic E-state index is 0. The first-order valence-electron chi connectivity index (χ1n) is 3.62. The van der Waals surface area contributed by atoms with Gasteiger partial charge >= 0.3 is 51.4 Å². The number of nitriles is 1. The number of carbonyl (C=O) groups excluding carboxylic acids is 1. The summed E-state index contributed by atoms with van der Waals surface area (Å²) in [4.78, 5) is 20.5. The average Bonchev–Trinajstić information content (AvgIpc) is 2.17. The molecule has 0 aliphatic heterocycles. The fourth-order valence-electron chi connectivity index (χ4n) is 0.954. The molecule has 8 heteroatoms. The van der Waals surface area contributed by atoms with E-state index in [2.05, 4.69) is 0 Å². The molecule has 0 fully saturated rings. The van der Waals surface area contributed by atoms with Gasteiger partial charge < -0.3 is 9.90 Å². The second-order valence-corrected chi connectivity index (χ2v) is 3.27. The van der Waals surface area contributed by atoms with Crippen LogP contribution in [0.1, 0.15) is 10.4 Å². The molecule has 0 bridgehead atoms. The van der Waals surface area contributed by atoms with E-state index < -0.39 is 22.1 Å². The molecule has 1 rings (SSSR count). The van der Waals surface area contributed by atoms with Gasteiger partial charge in [0.05, 0.1) is 16.5 Å². The maximum atomic E-state index is 10.6. The van der Waals surface area contributed by atoms with Gasteiger partial charge in [-0.25, -0.2) is 0 Å². The molecule has 1 aromatic carbocycles. The number of benzene rings is 1. The van der Waals surface area contributed by atoms with Crippen LogP contribution in [0.5, 0.6) is 0 Å². The van der Waals surface area contributed by atoms with Crippen LogP contribution in [0.15, 0.2) is 23.1 Å². The molecule has 0 aromatic heterocycles. The van der Waals surface area contributed by atoms with Gasteiger partial charge in [0.15, 0.2) is 0 Å². The number of nitro benzene ring substituents is 1. The van der Waals surface area contributed by atoms with Gasteiger partial charge in [-0.3, -0.25) is 10.1 Å². The van der Waals surface area contributed by atoms with E-state index in [1.807, 2.05) is 0 Å². The number of nitro groups is 1. The van der Waals surface area contributed by atoms with E-state index in [1.54, 1.807) is 5.40 Å². The average molecular weight is 263 g/mol. The quantitative estimate of drug-likeness (QED) is 0.149. The van der Waals surface area contributed by atoms with Crippen LogP contribution in [0.25, 0.3) is 0 Å². The molecule has 0 radical (unpaired) electrons. The standard InChI is InChI=1S/C8H4N2O4S.K/c9-4-15-5-1-2-7(10(13)14)6(3-5)8(11)12;/h1-3H,(H,11,12);/q;+1/p-1/i4+1;. The number of carboxylic acid groups (broad SMARTS) is 1. The maximum Gasteiger partial charge on any atom is 1.00 e. The van der Waals surface area contributed by atoms with E-state index in [-0.39, 0.29) is 51.4 Å². The summed E-state index contributed by atoms with van der Waals surface area (Å²) < 4.78 is 0. The zero-order valence-corrected chi connectivity index (χ0v) is 12.1. The summed E-state index contributed by atoms with van der Waals surface area (Å²) in [5.41, 5.74) is -1.07. The molecule has 0 spiro atoms. The van der Waals surface area contributed by atoms with E-state index in [0.717, 1.165) is 23.9 Å². The van der Waals surface area contributed by atoms with Crippen LogP contribution in [0.3, 0.4) is 0 Å². The summed E-state index contributed by atoms with van der Waals surface area (Å²) in [5, 5.41) is 31.1. The Morgan fingerprint density at radius 2 is 2.12 bits per heavy atom. The normalized spacial score (nSPS) is 8.69. The number of hydrogen-bond donors (Lipinski definition) is 0. The Kier molecular flexibility index (Phi) is 6.81. The van der Waals surface area contributed by atoms with Crippen LogP contribution in [-0.4, -0.2) is 10.9 Å². The van der Waals surface area contributed by atoms with Crippen molar-refractivity contribution in [3.63, 3.8) is 0 Å². The molecule has 1 aromatic rings. The molecule has 0 unspecified atom stereocenters. The first-order valence-corrected chi connectivity index (χ1v) is 4.43. The largest absolute Gasteiger partial charge is 1.00 e. The first kappa shape index (κ1) is 15.6. The van der Waals surface area contributed by atoms with Crippen molar-refractivity contribution in [3.8, 4) is 5.40 Å². The third kappa shape index (κ3) is 3.86. The van der Waals surface area contributed by atoms with Crippen molar-refractivity contribution < 1.29 is 66.2 Å². The van der Waals surface area contributed by atoms with Crippen molar-refractivity contribution in [1.82, 2.24) is 0 Å². The number of rotatable bonds is 3. The van der Waals surface area contributed by atoms with Gasteiger partial charge in [0, 0.05) is 11.0 Å². The van der Waals surface area contributed by atoms with Gasteiger partial charge in [0.1, 0.15) is 5.40 Å². The Balaban J connectivity index is 0.00000225. The minimum Gasteiger partial charge on any atom is -0.545 e. The summed E-state index contributed by atoms with van der Waals surface area (Å²) in [5.74, 6) is -1.64. The fraction of sp³-hybridized carbons (Fsp3) is 0. The Hall–Kier alpha value is -0.434. The molecular weight excluding hydrogens is 260 g/mol. The second-order valence-electron chi connectivity index (χ2n) is 2.42. The van der Waals surface area contributed by atoms with Crippen molar-refractivity contribution in [2.24, 2.45) is 0 Å². The van der Waals surface area contributed by atoms with Crippen LogP contribution in [0, 0.1) is 20.8 Å². The van der Waals surface area contributed by atoms with Gasteiger partial charge in [-0.05, 0) is 23.9 Å². The SMILES string of the molecule is N#[13C]Sc1ccc([N+](=O)[O-])c(C(=O)[O-])c1.[K+]. The Morgan fingerprint density at radius 1 is 1.50 bits per heavy atom. The second kappa shape index (κ2) is 7.00. The molecule has 0 atom stereocenters. The summed E-state index contributed by atoms with van der Waals surface area (Å²) in [7, 11) is 0. The number of carbonyl (C=O) groups is 1. The van der Waals surface area contributed by atoms with Crippen LogP contribution >= 0.6 is 11.8 Å². The van der Waals surface area contributed by atoms with E-state index in [9.17, 15) is 20.0 Å². The van der Waals surface area contributed by atoms with Gasteiger partial charge in [0.25, 0.3) is 5.69 Å². The summed E-state index contributed by atoms with van der Waals surface area (Å²) in [6.45, 7) is 0. The third-order valence-corrected chi connectivity index (χ3v) is 2.13. The molecule has 0 aliphatic rings. The number of hydrogen-bond acceptors (Lipinski definition) is 6. The third-order valence-electron chi connectivity index (χ3n) is 1.55. The summed E-state index contributed by atoms with van der Waals surface area (Å²) in [6.07, 6.45) is 0. The van der Waals surface area contributed by atoms with E-state index >= 15 is 0 Å². The van der Waals surface area contributed by atoms with Gasteiger partial charge in [-0.15, -0.1) is 0 Å². The number of carboxylic acids is 1.